The summed E-state index contributed by atoms with van der Waals surface area (Å²) in [7, 11) is 0. The first-order chi connectivity index (χ1) is 9.78. The van der Waals surface area contributed by atoms with Crippen LogP contribution in [-0.2, 0) is 4.74 Å². The van der Waals surface area contributed by atoms with Crippen molar-refractivity contribution in [2.45, 2.75) is 6.92 Å². The van der Waals surface area contributed by atoms with Crippen LogP contribution in [0.4, 0.5) is 0 Å². The normalized spacial score (nSPS) is 10.7. The number of thiophene rings is 1. The highest BCUT2D eigenvalue weighted by Gasteiger charge is 2.09. The van der Waals surface area contributed by atoms with Crippen molar-refractivity contribution in [2.75, 3.05) is 6.61 Å². The molecule has 0 saturated heterocycles. The third kappa shape index (κ3) is 2.42. The van der Waals surface area contributed by atoms with Crippen LogP contribution in [-0.4, -0.2) is 17.6 Å². The Balaban J connectivity index is 1.92. The van der Waals surface area contributed by atoms with Crippen molar-refractivity contribution in [1.82, 2.24) is 4.98 Å². The molecular weight excluding hydrogens is 270 g/mol. The predicted octanol–water partition coefficient (Wildman–Crippen LogP) is 4.14. The molecule has 3 aromatic rings. The summed E-state index contributed by atoms with van der Waals surface area (Å²) >= 11 is 1.70. The minimum absolute atomic E-state index is 0.331. The van der Waals surface area contributed by atoms with Gasteiger partial charge in [-0.05, 0) is 36.6 Å². The Hall–Kier alpha value is -2.20. The molecule has 0 N–H and O–H groups in total. The molecule has 0 fully saturated rings. The van der Waals surface area contributed by atoms with E-state index in [4.69, 9.17) is 4.74 Å². The lowest BCUT2D eigenvalue weighted by atomic mass is 10.2. The monoisotopic (exact) mass is 283 g/mol. The average molecular weight is 283 g/mol. The topological polar surface area (TPSA) is 39.2 Å². The van der Waals surface area contributed by atoms with Crippen LogP contribution >= 0.6 is 11.3 Å². The summed E-state index contributed by atoms with van der Waals surface area (Å²) in [6, 6.07) is 14.0. The quantitative estimate of drug-likeness (QED) is 0.678. The number of carbonyl (C=O) groups is 1. The smallest absolute Gasteiger partial charge is 0.339 e. The Morgan fingerprint density at radius 3 is 2.80 bits per heavy atom. The predicted molar refractivity (Wildman–Crippen MR) is 81.0 cm³/mol. The molecule has 0 aliphatic rings. The van der Waals surface area contributed by atoms with E-state index in [-0.39, 0.29) is 5.97 Å². The molecule has 0 aliphatic carbocycles. The van der Waals surface area contributed by atoms with E-state index in [1.165, 1.54) is 10.1 Å². The summed E-state index contributed by atoms with van der Waals surface area (Å²) < 4.78 is 6.18. The second-order valence-corrected chi connectivity index (χ2v) is 5.38. The van der Waals surface area contributed by atoms with Crippen molar-refractivity contribution in [1.29, 1.82) is 0 Å². The van der Waals surface area contributed by atoms with E-state index < -0.39 is 0 Å². The molecule has 0 atom stereocenters. The number of carbonyl (C=O) groups excluding carboxylic acids is 1. The fourth-order valence-electron chi connectivity index (χ4n) is 1.98. The summed E-state index contributed by atoms with van der Waals surface area (Å²) in [5.41, 5.74) is 1.36. The Labute approximate surface area is 120 Å². The fourth-order valence-corrected chi connectivity index (χ4v) is 3.02. The molecule has 0 spiro atoms. The Morgan fingerprint density at radius 1 is 1.25 bits per heavy atom. The number of fused-ring (bicyclic) bond motifs is 1. The van der Waals surface area contributed by atoms with Crippen LogP contribution in [0.1, 0.15) is 17.3 Å². The van der Waals surface area contributed by atoms with Gasteiger partial charge in [-0.1, -0.05) is 18.2 Å². The van der Waals surface area contributed by atoms with Gasteiger partial charge in [0.2, 0.25) is 0 Å². The van der Waals surface area contributed by atoms with Gasteiger partial charge >= 0.3 is 5.97 Å². The number of hydrogen-bond acceptors (Lipinski definition) is 4. The van der Waals surface area contributed by atoms with Crippen LogP contribution in [0.5, 0.6) is 0 Å². The number of nitrogens with zero attached hydrogens (tertiary/aromatic N) is 1. The molecule has 0 bridgehead atoms. The number of aromatic nitrogens is 1. The van der Waals surface area contributed by atoms with Gasteiger partial charge < -0.3 is 4.74 Å². The Kier molecular flexibility index (Phi) is 3.48. The van der Waals surface area contributed by atoms with Crippen LogP contribution in [0.2, 0.25) is 0 Å². The lowest BCUT2D eigenvalue weighted by Crippen LogP contribution is -2.04. The standard InChI is InChI=1S/C16H13NO2S/c1-2-19-16(18)12-7-8-13(17-10-12)15-9-11-5-3-4-6-14(11)20-15/h3-10H,2H2,1H3. The minimum Gasteiger partial charge on any atom is -0.462 e. The van der Waals surface area contributed by atoms with E-state index in [0.717, 1.165) is 10.6 Å². The third-order valence-corrected chi connectivity index (χ3v) is 4.09. The van der Waals surface area contributed by atoms with Crippen molar-refractivity contribution in [3.8, 4) is 10.6 Å². The van der Waals surface area contributed by atoms with E-state index in [2.05, 4.69) is 23.2 Å². The fraction of sp³-hybridized carbons (Fsp3) is 0.125. The number of esters is 1. The zero-order valence-electron chi connectivity index (χ0n) is 11.0. The van der Waals surface area contributed by atoms with Gasteiger partial charge in [-0.25, -0.2) is 4.79 Å². The summed E-state index contributed by atoms with van der Waals surface area (Å²) in [5, 5.41) is 1.21. The lowest BCUT2D eigenvalue weighted by Gasteiger charge is -2.01. The number of benzene rings is 1. The number of ether oxygens (including phenoxy) is 1. The van der Waals surface area contributed by atoms with Crippen molar-refractivity contribution in [3.63, 3.8) is 0 Å². The van der Waals surface area contributed by atoms with Gasteiger partial charge in [0.1, 0.15) is 0 Å². The van der Waals surface area contributed by atoms with Crippen LogP contribution in [0.25, 0.3) is 20.7 Å². The van der Waals surface area contributed by atoms with Gasteiger partial charge in [-0.2, -0.15) is 0 Å². The zero-order chi connectivity index (χ0) is 13.9. The van der Waals surface area contributed by atoms with Gasteiger partial charge in [0.05, 0.1) is 22.7 Å². The second kappa shape index (κ2) is 5.43. The summed E-state index contributed by atoms with van der Waals surface area (Å²) in [6.07, 6.45) is 1.57. The van der Waals surface area contributed by atoms with Crippen molar-refractivity contribution < 1.29 is 9.53 Å². The highest BCUT2D eigenvalue weighted by molar-refractivity contribution is 7.22. The van der Waals surface area contributed by atoms with Crippen LogP contribution in [0.15, 0.2) is 48.7 Å². The van der Waals surface area contributed by atoms with Crippen molar-refractivity contribution >= 4 is 27.4 Å². The first kappa shape index (κ1) is 12.8. The molecular formula is C16H13NO2S. The van der Waals surface area contributed by atoms with E-state index in [9.17, 15) is 4.79 Å². The Morgan fingerprint density at radius 2 is 2.10 bits per heavy atom. The van der Waals surface area contributed by atoms with E-state index in [1.54, 1.807) is 30.5 Å². The number of hydrogen-bond donors (Lipinski definition) is 0. The van der Waals surface area contributed by atoms with Gasteiger partial charge in [-0.15, -0.1) is 11.3 Å². The van der Waals surface area contributed by atoms with Gasteiger partial charge in [-0.3, -0.25) is 4.98 Å². The molecule has 0 aliphatic heterocycles. The molecule has 20 heavy (non-hydrogen) atoms. The van der Waals surface area contributed by atoms with Gasteiger partial charge in [0.25, 0.3) is 0 Å². The maximum Gasteiger partial charge on any atom is 0.339 e. The zero-order valence-corrected chi connectivity index (χ0v) is 11.8. The van der Waals surface area contributed by atoms with Crippen LogP contribution < -0.4 is 0 Å². The molecule has 0 radical (unpaired) electrons. The molecule has 0 saturated carbocycles. The first-order valence-electron chi connectivity index (χ1n) is 6.40. The molecule has 0 unspecified atom stereocenters. The van der Waals surface area contributed by atoms with E-state index >= 15 is 0 Å². The highest BCUT2D eigenvalue weighted by atomic mass is 32.1. The summed E-state index contributed by atoms with van der Waals surface area (Å²) in [4.78, 5) is 17.0. The molecule has 2 heterocycles. The van der Waals surface area contributed by atoms with Crippen LogP contribution in [0.3, 0.4) is 0 Å². The lowest BCUT2D eigenvalue weighted by molar-refractivity contribution is 0.0526. The Bertz CT molecular complexity index is 714. The van der Waals surface area contributed by atoms with Crippen molar-refractivity contribution in [2.24, 2.45) is 0 Å². The second-order valence-electron chi connectivity index (χ2n) is 4.30. The maximum atomic E-state index is 11.6. The molecule has 3 rings (SSSR count). The minimum atomic E-state index is -0.331. The molecule has 0 amide bonds. The van der Waals surface area contributed by atoms with E-state index in [0.29, 0.717) is 12.2 Å². The number of rotatable bonds is 3. The largest absolute Gasteiger partial charge is 0.462 e. The van der Waals surface area contributed by atoms with Gasteiger partial charge in [0, 0.05) is 10.9 Å². The van der Waals surface area contributed by atoms with Gasteiger partial charge in [0.15, 0.2) is 0 Å². The van der Waals surface area contributed by atoms with Crippen molar-refractivity contribution in [3.05, 3.63) is 54.2 Å². The maximum absolute atomic E-state index is 11.6. The van der Waals surface area contributed by atoms with E-state index in [1.807, 2.05) is 18.2 Å². The first-order valence-corrected chi connectivity index (χ1v) is 7.21. The molecule has 2 aromatic heterocycles. The summed E-state index contributed by atoms with van der Waals surface area (Å²) in [5.74, 6) is -0.331. The van der Waals surface area contributed by atoms with Crippen LogP contribution in [0, 0.1) is 0 Å². The molecule has 3 nitrogen and oxygen atoms in total. The molecule has 100 valence electrons. The summed E-state index contributed by atoms with van der Waals surface area (Å²) in [6.45, 7) is 2.16. The third-order valence-electron chi connectivity index (χ3n) is 2.95. The number of pyridine rings is 1. The molecule has 1 aromatic carbocycles. The average Bonchev–Trinajstić information content (AvgIpc) is 2.91. The molecule has 4 heteroatoms. The highest BCUT2D eigenvalue weighted by Crippen LogP contribution is 2.32. The SMILES string of the molecule is CCOC(=O)c1ccc(-c2cc3ccccc3s2)nc1.